The molecule has 1 fully saturated rings. The molecule has 0 radical (unpaired) electrons. The third-order valence-electron chi connectivity index (χ3n) is 2.92. The van der Waals surface area contributed by atoms with Gasteiger partial charge in [-0.25, -0.2) is 4.98 Å². The molecule has 3 heteroatoms. The van der Waals surface area contributed by atoms with E-state index in [1.807, 2.05) is 31.3 Å². The molecule has 1 unspecified atom stereocenters. The fourth-order valence-electron chi connectivity index (χ4n) is 1.83. The summed E-state index contributed by atoms with van der Waals surface area (Å²) in [5.41, 5.74) is 1.14. The lowest BCUT2D eigenvalue weighted by molar-refractivity contribution is 0.693. The summed E-state index contributed by atoms with van der Waals surface area (Å²) in [6.07, 6.45) is 4.57. The van der Waals surface area contributed by atoms with Crippen LogP contribution in [0, 0.1) is 5.92 Å². The Morgan fingerprint density at radius 2 is 2.20 bits per heavy atom. The van der Waals surface area contributed by atoms with E-state index < -0.39 is 0 Å². The molecule has 1 atom stereocenters. The van der Waals surface area contributed by atoms with Crippen molar-refractivity contribution in [2.75, 3.05) is 24.3 Å². The SMILES string of the molecule is CC(Nc1cccnc1N(C)C)C1CC1. The molecule has 1 N–H and O–H groups in total. The molecule has 3 nitrogen and oxygen atoms in total. The standard InChI is InChI=1S/C12H19N3/c1-9(10-6-7-10)14-11-5-4-8-13-12(11)15(2)3/h4-5,8-10,14H,6-7H2,1-3H3. The van der Waals surface area contributed by atoms with Crippen molar-refractivity contribution in [2.24, 2.45) is 5.92 Å². The van der Waals surface area contributed by atoms with Crippen molar-refractivity contribution >= 4 is 11.5 Å². The summed E-state index contributed by atoms with van der Waals surface area (Å²) in [6.45, 7) is 2.25. The Hall–Kier alpha value is -1.25. The normalized spacial score (nSPS) is 17.3. The van der Waals surface area contributed by atoms with Crippen LogP contribution in [0.1, 0.15) is 19.8 Å². The van der Waals surface area contributed by atoms with Gasteiger partial charge in [0, 0.05) is 26.3 Å². The van der Waals surface area contributed by atoms with Crippen LogP contribution in [0.15, 0.2) is 18.3 Å². The topological polar surface area (TPSA) is 28.2 Å². The number of nitrogens with zero attached hydrogens (tertiary/aromatic N) is 2. The average molecular weight is 205 g/mol. The number of hydrogen-bond donors (Lipinski definition) is 1. The number of pyridine rings is 1. The molecule has 0 spiro atoms. The number of rotatable bonds is 4. The molecule has 2 rings (SSSR count). The van der Waals surface area contributed by atoms with Gasteiger partial charge in [0.1, 0.15) is 0 Å². The van der Waals surface area contributed by atoms with Crippen LogP contribution >= 0.6 is 0 Å². The molecule has 82 valence electrons. The molecule has 0 amide bonds. The van der Waals surface area contributed by atoms with Crippen LogP contribution in [-0.2, 0) is 0 Å². The Morgan fingerprint density at radius 1 is 1.47 bits per heavy atom. The van der Waals surface area contributed by atoms with E-state index in [2.05, 4.69) is 23.3 Å². The minimum Gasteiger partial charge on any atom is -0.379 e. The fraction of sp³-hybridized carbons (Fsp3) is 0.583. The maximum atomic E-state index is 4.37. The summed E-state index contributed by atoms with van der Waals surface area (Å²) in [7, 11) is 4.05. The molecule has 1 aromatic rings. The first kappa shape index (κ1) is 10.3. The molecule has 1 saturated carbocycles. The zero-order valence-corrected chi connectivity index (χ0v) is 9.70. The molecule has 15 heavy (non-hydrogen) atoms. The molecule has 0 aromatic carbocycles. The van der Waals surface area contributed by atoms with Gasteiger partial charge in [0.25, 0.3) is 0 Å². The first-order chi connectivity index (χ1) is 7.18. The average Bonchev–Trinajstić information content (AvgIpc) is 3.01. The summed E-state index contributed by atoms with van der Waals surface area (Å²) in [4.78, 5) is 6.42. The third kappa shape index (κ3) is 2.41. The maximum absolute atomic E-state index is 4.37. The second-order valence-electron chi connectivity index (χ2n) is 4.54. The molecule has 1 aliphatic carbocycles. The Kier molecular flexibility index (Phi) is 2.80. The predicted molar refractivity (Wildman–Crippen MR) is 64.4 cm³/mol. The number of nitrogens with one attached hydrogen (secondary N) is 1. The zero-order valence-electron chi connectivity index (χ0n) is 9.70. The molecule has 1 aromatic heterocycles. The largest absolute Gasteiger partial charge is 0.379 e. The minimum absolute atomic E-state index is 0.563. The summed E-state index contributed by atoms with van der Waals surface area (Å²) in [5, 5.41) is 3.55. The Bertz CT molecular complexity index is 331. The first-order valence-electron chi connectivity index (χ1n) is 5.57. The highest BCUT2D eigenvalue weighted by Gasteiger charge is 2.28. The number of hydrogen-bond acceptors (Lipinski definition) is 3. The molecule has 1 heterocycles. The number of anilines is 2. The smallest absolute Gasteiger partial charge is 0.151 e. The minimum atomic E-state index is 0.563. The predicted octanol–water partition coefficient (Wildman–Crippen LogP) is 2.36. The van der Waals surface area contributed by atoms with Crippen LogP contribution in [-0.4, -0.2) is 25.1 Å². The molecule has 1 aliphatic rings. The van der Waals surface area contributed by atoms with Gasteiger partial charge in [-0.2, -0.15) is 0 Å². The lowest BCUT2D eigenvalue weighted by Crippen LogP contribution is -2.20. The highest BCUT2D eigenvalue weighted by Crippen LogP contribution is 2.35. The lowest BCUT2D eigenvalue weighted by atomic mass is 10.2. The Labute approximate surface area is 91.5 Å². The van der Waals surface area contributed by atoms with Crippen molar-refractivity contribution in [3.63, 3.8) is 0 Å². The summed E-state index contributed by atoms with van der Waals surface area (Å²) >= 11 is 0. The summed E-state index contributed by atoms with van der Waals surface area (Å²) in [6, 6.07) is 4.64. The van der Waals surface area contributed by atoms with Crippen LogP contribution < -0.4 is 10.2 Å². The van der Waals surface area contributed by atoms with Gasteiger partial charge in [0.2, 0.25) is 0 Å². The fourth-order valence-corrected chi connectivity index (χ4v) is 1.83. The van der Waals surface area contributed by atoms with Gasteiger partial charge in [-0.1, -0.05) is 0 Å². The summed E-state index contributed by atoms with van der Waals surface area (Å²) < 4.78 is 0. The lowest BCUT2D eigenvalue weighted by Gasteiger charge is -2.20. The van der Waals surface area contributed by atoms with E-state index in [0.29, 0.717) is 6.04 Å². The van der Waals surface area contributed by atoms with Crippen molar-refractivity contribution in [1.82, 2.24) is 4.98 Å². The third-order valence-corrected chi connectivity index (χ3v) is 2.92. The van der Waals surface area contributed by atoms with Gasteiger partial charge in [-0.05, 0) is 37.8 Å². The van der Waals surface area contributed by atoms with E-state index in [4.69, 9.17) is 0 Å². The molecular weight excluding hydrogens is 186 g/mol. The van der Waals surface area contributed by atoms with Crippen LogP contribution in [0.5, 0.6) is 0 Å². The van der Waals surface area contributed by atoms with E-state index in [1.54, 1.807) is 0 Å². The molecule has 0 aliphatic heterocycles. The van der Waals surface area contributed by atoms with E-state index in [-0.39, 0.29) is 0 Å². The molecule has 0 bridgehead atoms. The number of aromatic nitrogens is 1. The van der Waals surface area contributed by atoms with Crippen LogP contribution in [0.25, 0.3) is 0 Å². The van der Waals surface area contributed by atoms with E-state index >= 15 is 0 Å². The quantitative estimate of drug-likeness (QED) is 0.818. The van der Waals surface area contributed by atoms with Crippen molar-refractivity contribution in [3.05, 3.63) is 18.3 Å². The highest BCUT2D eigenvalue weighted by molar-refractivity contribution is 5.65. The van der Waals surface area contributed by atoms with Gasteiger partial charge in [-0.15, -0.1) is 0 Å². The monoisotopic (exact) mass is 205 g/mol. The van der Waals surface area contributed by atoms with Gasteiger partial charge < -0.3 is 10.2 Å². The van der Waals surface area contributed by atoms with E-state index in [1.165, 1.54) is 12.8 Å². The van der Waals surface area contributed by atoms with Crippen molar-refractivity contribution in [2.45, 2.75) is 25.8 Å². The van der Waals surface area contributed by atoms with Crippen molar-refractivity contribution in [1.29, 1.82) is 0 Å². The second-order valence-corrected chi connectivity index (χ2v) is 4.54. The highest BCUT2D eigenvalue weighted by atomic mass is 15.2. The zero-order chi connectivity index (χ0) is 10.8. The van der Waals surface area contributed by atoms with Crippen molar-refractivity contribution < 1.29 is 0 Å². The van der Waals surface area contributed by atoms with E-state index in [0.717, 1.165) is 17.4 Å². The van der Waals surface area contributed by atoms with Gasteiger partial charge in [0.05, 0.1) is 5.69 Å². The Morgan fingerprint density at radius 3 is 2.80 bits per heavy atom. The van der Waals surface area contributed by atoms with Crippen molar-refractivity contribution in [3.8, 4) is 0 Å². The van der Waals surface area contributed by atoms with E-state index in [9.17, 15) is 0 Å². The van der Waals surface area contributed by atoms with Gasteiger partial charge >= 0.3 is 0 Å². The first-order valence-corrected chi connectivity index (χ1v) is 5.57. The van der Waals surface area contributed by atoms with Gasteiger partial charge in [-0.3, -0.25) is 0 Å². The van der Waals surface area contributed by atoms with Crippen LogP contribution in [0.3, 0.4) is 0 Å². The Balaban J connectivity index is 2.11. The summed E-state index contributed by atoms with van der Waals surface area (Å²) in [5.74, 6) is 1.88. The molecular formula is C12H19N3. The molecule has 0 saturated heterocycles. The van der Waals surface area contributed by atoms with Gasteiger partial charge in [0.15, 0.2) is 5.82 Å². The van der Waals surface area contributed by atoms with Crippen LogP contribution in [0.4, 0.5) is 11.5 Å². The van der Waals surface area contributed by atoms with Crippen LogP contribution in [0.2, 0.25) is 0 Å². The second kappa shape index (κ2) is 4.09. The maximum Gasteiger partial charge on any atom is 0.151 e.